The van der Waals surface area contributed by atoms with Crippen LogP contribution in [0.3, 0.4) is 0 Å². The average molecular weight is 205 g/mol. The van der Waals surface area contributed by atoms with Crippen LogP contribution in [0, 0.1) is 0 Å². The molecule has 1 heterocycles. The lowest BCUT2D eigenvalue weighted by atomic mass is 10.3. The Labute approximate surface area is 82.7 Å². The van der Waals surface area contributed by atoms with Crippen LogP contribution in [0.4, 0.5) is 0 Å². The van der Waals surface area contributed by atoms with E-state index in [2.05, 4.69) is 12.2 Å². The Morgan fingerprint density at radius 2 is 2.38 bits per heavy atom. The first-order chi connectivity index (χ1) is 6.25. The third-order valence-electron chi connectivity index (χ3n) is 2.37. The minimum absolute atomic E-state index is 0.183. The second-order valence-electron chi connectivity index (χ2n) is 3.34. The molecule has 0 radical (unpaired) electrons. The molecule has 0 aromatic carbocycles. The molecule has 1 saturated heterocycles. The molecule has 1 fully saturated rings. The highest BCUT2D eigenvalue weighted by molar-refractivity contribution is 7.85. The molecule has 4 heteroatoms. The number of nitrogens with one attached hydrogen (secondary N) is 1. The lowest BCUT2D eigenvalue weighted by Gasteiger charge is -2.13. The zero-order valence-electron chi connectivity index (χ0n) is 8.41. The summed E-state index contributed by atoms with van der Waals surface area (Å²) in [6, 6.07) is 0. The molecule has 3 nitrogen and oxygen atoms in total. The number of rotatable bonds is 5. The number of ether oxygens (including phenoxy) is 1. The molecule has 0 aromatic rings. The van der Waals surface area contributed by atoms with Crippen LogP contribution in [-0.4, -0.2) is 41.0 Å². The van der Waals surface area contributed by atoms with Gasteiger partial charge in [0.15, 0.2) is 0 Å². The molecule has 1 N–H and O–H groups in total. The molecule has 0 amide bonds. The summed E-state index contributed by atoms with van der Waals surface area (Å²) in [5.41, 5.74) is 0. The molecule has 78 valence electrons. The Kier molecular flexibility index (Phi) is 4.91. The van der Waals surface area contributed by atoms with E-state index in [1.807, 2.05) is 6.92 Å². The van der Waals surface area contributed by atoms with Crippen molar-refractivity contribution in [3.05, 3.63) is 0 Å². The van der Waals surface area contributed by atoms with E-state index in [0.717, 1.165) is 31.9 Å². The Balaban J connectivity index is 2.22. The zero-order chi connectivity index (χ0) is 9.68. The second-order valence-corrected chi connectivity index (χ2v) is 5.12. The van der Waals surface area contributed by atoms with Gasteiger partial charge in [-0.25, -0.2) is 0 Å². The molecule has 0 saturated carbocycles. The van der Waals surface area contributed by atoms with Gasteiger partial charge in [0.05, 0.1) is 11.4 Å². The minimum atomic E-state index is -0.714. The van der Waals surface area contributed by atoms with Gasteiger partial charge in [0.2, 0.25) is 0 Å². The topological polar surface area (TPSA) is 38.3 Å². The van der Waals surface area contributed by atoms with Crippen molar-refractivity contribution in [2.45, 2.75) is 31.6 Å². The summed E-state index contributed by atoms with van der Waals surface area (Å²) < 4.78 is 17.1. The molecule has 0 bridgehead atoms. The predicted molar refractivity (Wildman–Crippen MR) is 55.4 cm³/mol. The largest absolute Gasteiger partial charge is 0.377 e. The SMILES string of the molecule is CCNCCS(=O)C1CCOC1C. The van der Waals surface area contributed by atoms with Crippen LogP contribution >= 0.6 is 0 Å². The van der Waals surface area contributed by atoms with Gasteiger partial charge in [-0.1, -0.05) is 6.92 Å². The molecular weight excluding hydrogens is 186 g/mol. The average Bonchev–Trinajstić information content (AvgIpc) is 2.52. The highest BCUT2D eigenvalue weighted by Gasteiger charge is 2.28. The standard InChI is InChI=1S/C9H19NO2S/c1-3-10-5-7-13(11)9-4-6-12-8(9)2/h8-10H,3-7H2,1-2H3. The molecular formula is C9H19NO2S. The first-order valence-electron chi connectivity index (χ1n) is 4.95. The fraction of sp³-hybridized carbons (Fsp3) is 1.00. The van der Waals surface area contributed by atoms with E-state index in [1.54, 1.807) is 0 Å². The number of hydrogen-bond donors (Lipinski definition) is 1. The van der Waals surface area contributed by atoms with Crippen molar-refractivity contribution in [2.75, 3.05) is 25.4 Å². The quantitative estimate of drug-likeness (QED) is 0.665. The Morgan fingerprint density at radius 3 is 2.92 bits per heavy atom. The van der Waals surface area contributed by atoms with Crippen LogP contribution < -0.4 is 5.32 Å². The monoisotopic (exact) mass is 205 g/mol. The van der Waals surface area contributed by atoms with Gasteiger partial charge in [-0.2, -0.15) is 0 Å². The lowest BCUT2D eigenvalue weighted by Crippen LogP contribution is -2.29. The van der Waals surface area contributed by atoms with Crippen LogP contribution in [0.15, 0.2) is 0 Å². The highest BCUT2D eigenvalue weighted by Crippen LogP contribution is 2.18. The van der Waals surface area contributed by atoms with Crippen LogP contribution in [-0.2, 0) is 15.5 Å². The Bertz CT molecular complexity index is 175. The minimum Gasteiger partial charge on any atom is -0.377 e. The van der Waals surface area contributed by atoms with E-state index in [9.17, 15) is 4.21 Å². The fourth-order valence-electron chi connectivity index (χ4n) is 1.56. The van der Waals surface area contributed by atoms with Crippen molar-refractivity contribution in [2.24, 2.45) is 0 Å². The maximum Gasteiger partial charge on any atom is 0.0691 e. The summed E-state index contributed by atoms with van der Waals surface area (Å²) in [6.07, 6.45) is 1.14. The smallest absolute Gasteiger partial charge is 0.0691 e. The van der Waals surface area contributed by atoms with E-state index >= 15 is 0 Å². The van der Waals surface area contributed by atoms with Crippen molar-refractivity contribution in [3.8, 4) is 0 Å². The third kappa shape index (κ3) is 3.37. The van der Waals surface area contributed by atoms with Crippen molar-refractivity contribution < 1.29 is 8.95 Å². The van der Waals surface area contributed by atoms with Crippen LogP contribution in [0.5, 0.6) is 0 Å². The first-order valence-corrected chi connectivity index (χ1v) is 6.33. The summed E-state index contributed by atoms with van der Waals surface area (Å²) in [5, 5.41) is 3.45. The first kappa shape index (κ1) is 11.1. The van der Waals surface area contributed by atoms with Crippen molar-refractivity contribution in [1.29, 1.82) is 0 Å². The van der Waals surface area contributed by atoms with Gasteiger partial charge >= 0.3 is 0 Å². The molecule has 0 aromatic heterocycles. The van der Waals surface area contributed by atoms with Gasteiger partial charge in [0, 0.05) is 29.7 Å². The fourth-order valence-corrected chi connectivity index (χ4v) is 3.07. The maximum absolute atomic E-state index is 11.7. The van der Waals surface area contributed by atoms with Gasteiger partial charge in [-0.15, -0.1) is 0 Å². The van der Waals surface area contributed by atoms with Gasteiger partial charge in [-0.05, 0) is 19.9 Å². The Hall–Kier alpha value is 0.0700. The molecule has 0 spiro atoms. The lowest BCUT2D eigenvalue weighted by molar-refractivity contribution is 0.127. The molecule has 1 aliphatic rings. The maximum atomic E-state index is 11.7. The van der Waals surface area contributed by atoms with Gasteiger partial charge < -0.3 is 10.1 Å². The van der Waals surface area contributed by atoms with Crippen molar-refractivity contribution in [1.82, 2.24) is 5.32 Å². The van der Waals surface area contributed by atoms with E-state index in [1.165, 1.54) is 0 Å². The molecule has 3 atom stereocenters. The zero-order valence-corrected chi connectivity index (χ0v) is 9.23. The predicted octanol–water partition coefficient (Wildman–Crippen LogP) is 0.522. The van der Waals surface area contributed by atoms with Gasteiger partial charge in [0.1, 0.15) is 0 Å². The second kappa shape index (κ2) is 5.73. The van der Waals surface area contributed by atoms with Crippen molar-refractivity contribution in [3.63, 3.8) is 0 Å². The third-order valence-corrected chi connectivity index (χ3v) is 4.28. The normalized spacial score (nSPS) is 30.6. The summed E-state index contributed by atoms with van der Waals surface area (Å²) >= 11 is 0. The van der Waals surface area contributed by atoms with Crippen LogP contribution in [0.1, 0.15) is 20.3 Å². The summed E-state index contributed by atoms with van der Waals surface area (Å²) in [7, 11) is -0.714. The van der Waals surface area contributed by atoms with Crippen molar-refractivity contribution >= 4 is 10.8 Å². The van der Waals surface area contributed by atoms with E-state index < -0.39 is 10.8 Å². The van der Waals surface area contributed by atoms with Gasteiger partial charge in [0.25, 0.3) is 0 Å². The summed E-state index contributed by atoms with van der Waals surface area (Å²) in [4.78, 5) is 0. The number of hydrogen-bond acceptors (Lipinski definition) is 3. The van der Waals surface area contributed by atoms with Gasteiger partial charge in [-0.3, -0.25) is 4.21 Å². The summed E-state index contributed by atoms with van der Waals surface area (Å²) in [6.45, 7) is 6.66. The van der Waals surface area contributed by atoms with E-state index in [0.29, 0.717) is 0 Å². The van der Waals surface area contributed by atoms with Crippen LogP contribution in [0.25, 0.3) is 0 Å². The molecule has 1 aliphatic heterocycles. The Morgan fingerprint density at radius 1 is 1.62 bits per heavy atom. The molecule has 13 heavy (non-hydrogen) atoms. The molecule has 3 unspecified atom stereocenters. The van der Waals surface area contributed by atoms with E-state index in [4.69, 9.17) is 4.74 Å². The summed E-state index contributed by atoms with van der Waals surface area (Å²) in [5.74, 6) is 0.756. The molecule has 0 aliphatic carbocycles. The molecule has 1 rings (SSSR count). The van der Waals surface area contributed by atoms with E-state index in [-0.39, 0.29) is 11.4 Å². The highest BCUT2D eigenvalue weighted by atomic mass is 32.2. The van der Waals surface area contributed by atoms with Crippen LogP contribution in [0.2, 0.25) is 0 Å².